The normalized spacial score (nSPS) is 11.2. The lowest BCUT2D eigenvalue weighted by Gasteiger charge is -2.07. The first-order chi connectivity index (χ1) is 9.60. The van der Waals surface area contributed by atoms with Crippen molar-refractivity contribution >= 4 is 5.65 Å². The first-order valence-corrected chi connectivity index (χ1v) is 6.73. The van der Waals surface area contributed by atoms with E-state index in [9.17, 15) is 0 Å². The second-order valence-corrected chi connectivity index (χ2v) is 5.15. The van der Waals surface area contributed by atoms with E-state index in [1.165, 1.54) is 11.1 Å². The Kier molecular flexibility index (Phi) is 3.03. The fraction of sp³-hybridized carbons (Fsp3) is 0.250. The summed E-state index contributed by atoms with van der Waals surface area (Å²) >= 11 is 0. The predicted octanol–water partition coefficient (Wildman–Crippen LogP) is 2.78. The molecule has 0 amide bonds. The first kappa shape index (κ1) is 12.8. The van der Waals surface area contributed by atoms with Gasteiger partial charge in [0.15, 0.2) is 5.65 Å². The van der Waals surface area contributed by atoms with Crippen molar-refractivity contribution in [3.05, 3.63) is 52.8 Å². The molecule has 102 valence electrons. The lowest BCUT2D eigenvalue weighted by atomic mass is 10.0. The van der Waals surface area contributed by atoms with E-state index >= 15 is 0 Å². The van der Waals surface area contributed by atoms with Crippen LogP contribution in [0.15, 0.2) is 30.3 Å². The molecule has 0 saturated heterocycles. The maximum Gasteiger partial charge on any atom is 0.154 e. The highest BCUT2D eigenvalue weighted by atomic mass is 15.3. The lowest BCUT2D eigenvalue weighted by molar-refractivity contribution is 0.842. The van der Waals surface area contributed by atoms with Crippen LogP contribution >= 0.6 is 0 Å². The summed E-state index contributed by atoms with van der Waals surface area (Å²) in [6, 6.07) is 10.4. The summed E-state index contributed by atoms with van der Waals surface area (Å²) in [7, 11) is 0. The Labute approximate surface area is 118 Å². The van der Waals surface area contributed by atoms with Crippen LogP contribution in [0.1, 0.15) is 22.5 Å². The van der Waals surface area contributed by atoms with Crippen molar-refractivity contribution in [3.8, 4) is 11.3 Å². The van der Waals surface area contributed by atoms with Gasteiger partial charge >= 0.3 is 0 Å². The molecule has 2 aromatic heterocycles. The molecule has 0 aliphatic heterocycles. The molecule has 0 saturated carbocycles. The summed E-state index contributed by atoms with van der Waals surface area (Å²) in [6.45, 7) is 6.60. The highest BCUT2D eigenvalue weighted by Gasteiger charge is 2.10. The third kappa shape index (κ3) is 1.98. The van der Waals surface area contributed by atoms with Gasteiger partial charge in [0, 0.05) is 12.1 Å². The Hall–Kier alpha value is -2.20. The quantitative estimate of drug-likeness (QED) is 0.776. The van der Waals surface area contributed by atoms with Gasteiger partial charge in [0.05, 0.1) is 17.1 Å². The number of nitrogens with zero attached hydrogens (tertiary/aromatic N) is 3. The fourth-order valence-electron chi connectivity index (χ4n) is 2.48. The van der Waals surface area contributed by atoms with Crippen LogP contribution in [-0.2, 0) is 6.54 Å². The van der Waals surface area contributed by atoms with Crippen LogP contribution < -0.4 is 5.73 Å². The molecule has 0 aliphatic carbocycles. The van der Waals surface area contributed by atoms with Gasteiger partial charge in [0.2, 0.25) is 0 Å². The van der Waals surface area contributed by atoms with Crippen LogP contribution in [0.5, 0.6) is 0 Å². The van der Waals surface area contributed by atoms with E-state index in [0.717, 1.165) is 28.3 Å². The third-order valence-electron chi connectivity index (χ3n) is 3.63. The minimum absolute atomic E-state index is 0.441. The molecule has 0 spiro atoms. The number of imidazole rings is 1. The van der Waals surface area contributed by atoms with Crippen LogP contribution in [0.25, 0.3) is 16.9 Å². The van der Waals surface area contributed by atoms with Crippen molar-refractivity contribution in [2.45, 2.75) is 27.3 Å². The smallest absolute Gasteiger partial charge is 0.154 e. The molecule has 0 radical (unpaired) electrons. The van der Waals surface area contributed by atoms with Crippen molar-refractivity contribution in [2.24, 2.45) is 5.73 Å². The SMILES string of the molecule is Cc1ccc(C)c(-c2ccc3nc(C)c(CN)n3n2)c1. The van der Waals surface area contributed by atoms with Gasteiger partial charge in [-0.1, -0.05) is 17.7 Å². The van der Waals surface area contributed by atoms with Crippen molar-refractivity contribution in [3.63, 3.8) is 0 Å². The maximum atomic E-state index is 5.80. The number of rotatable bonds is 2. The molecule has 20 heavy (non-hydrogen) atoms. The average Bonchev–Trinajstić information content (AvgIpc) is 2.75. The standard InChI is InChI=1S/C16H18N4/c1-10-4-5-11(2)13(8-10)14-6-7-16-18-12(3)15(9-17)20(16)19-14/h4-8H,9,17H2,1-3H3. The highest BCUT2D eigenvalue weighted by Crippen LogP contribution is 2.23. The fourth-order valence-corrected chi connectivity index (χ4v) is 2.48. The zero-order chi connectivity index (χ0) is 14.3. The zero-order valence-electron chi connectivity index (χ0n) is 12.0. The van der Waals surface area contributed by atoms with Gasteiger partial charge in [-0.3, -0.25) is 0 Å². The molecule has 1 aromatic carbocycles. The van der Waals surface area contributed by atoms with E-state index in [4.69, 9.17) is 10.8 Å². The Balaban J connectivity index is 2.24. The third-order valence-corrected chi connectivity index (χ3v) is 3.63. The van der Waals surface area contributed by atoms with Gasteiger partial charge in [0.1, 0.15) is 0 Å². The molecule has 4 nitrogen and oxygen atoms in total. The molecule has 0 fully saturated rings. The van der Waals surface area contributed by atoms with Crippen molar-refractivity contribution in [2.75, 3.05) is 0 Å². The molecule has 0 atom stereocenters. The zero-order valence-corrected chi connectivity index (χ0v) is 12.0. The molecule has 3 aromatic rings. The number of nitrogens with two attached hydrogens (primary N) is 1. The Bertz CT molecular complexity index is 787. The van der Waals surface area contributed by atoms with E-state index in [-0.39, 0.29) is 0 Å². The van der Waals surface area contributed by atoms with Crippen LogP contribution in [0.4, 0.5) is 0 Å². The monoisotopic (exact) mass is 266 g/mol. The molecule has 3 rings (SSSR count). The van der Waals surface area contributed by atoms with Crippen LogP contribution in [-0.4, -0.2) is 14.6 Å². The molecule has 0 unspecified atom stereocenters. The maximum absolute atomic E-state index is 5.80. The number of benzene rings is 1. The second-order valence-electron chi connectivity index (χ2n) is 5.15. The molecule has 2 heterocycles. The van der Waals surface area contributed by atoms with Gasteiger partial charge in [-0.2, -0.15) is 5.10 Å². The van der Waals surface area contributed by atoms with E-state index in [1.807, 2.05) is 23.6 Å². The Morgan fingerprint density at radius 3 is 2.65 bits per heavy atom. The number of hydrogen-bond acceptors (Lipinski definition) is 3. The summed E-state index contributed by atoms with van der Waals surface area (Å²) in [5.74, 6) is 0. The van der Waals surface area contributed by atoms with Crippen LogP contribution in [0, 0.1) is 20.8 Å². The topological polar surface area (TPSA) is 56.2 Å². The summed E-state index contributed by atoms with van der Waals surface area (Å²) in [6.07, 6.45) is 0. The Morgan fingerprint density at radius 1 is 1.10 bits per heavy atom. The molecular formula is C16H18N4. The minimum atomic E-state index is 0.441. The highest BCUT2D eigenvalue weighted by molar-refractivity contribution is 5.65. The summed E-state index contributed by atoms with van der Waals surface area (Å²) in [4.78, 5) is 4.48. The summed E-state index contributed by atoms with van der Waals surface area (Å²) in [5, 5.41) is 4.71. The number of fused-ring (bicyclic) bond motifs is 1. The largest absolute Gasteiger partial charge is 0.325 e. The van der Waals surface area contributed by atoms with Crippen LogP contribution in [0.2, 0.25) is 0 Å². The van der Waals surface area contributed by atoms with Gasteiger partial charge in [-0.25, -0.2) is 9.50 Å². The van der Waals surface area contributed by atoms with Crippen LogP contribution in [0.3, 0.4) is 0 Å². The number of aromatic nitrogens is 3. The van der Waals surface area contributed by atoms with Crippen molar-refractivity contribution < 1.29 is 0 Å². The Morgan fingerprint density at radius 2 is 1.90 bits per heavy atom. The predicted molar refractivity (Wildman–Crippen MR) is 80.5 cm³/mol. The van der Waals surface area contributed by atoms with Gasteiger partial charge in [0.25, 0.3) is 0 Å². The van der Waals surface area contributed by atoms with E-state index < -0.39 is 0 Å². The van der Waals surface area contributed by atoms with Crippen molar-refractivity contribution in [1.82, 2.24) is 14.6 Å². The second kappa shape index (κ2) is 4.72. The number of hydrogen-bond donors (Lipinski definition) is 1. The molecule has 2 N–H and O–H groups in total. The van der Waals surface area contributed by atoms with Gasteiger partial charge in [-0.05, 0) is 44.5 Å². The molecule has 4 heteroatoms. The molecule has 0 aliphatic rings. The number of aryl methyl sites for hydroxylation is 3. The van der Waals surface area contributed by atoms with Gasteiger partial charge < -0.3 is 5.73 Å². The average molecular weight is 266 g/mol. The van der Waals surface area contributed by atoms with E-state index in [0.29, 0.717) is 6.54 Å². The van der Waals surface area contributed by atoms with E-state index in [1.54, 1.807) is 0 Å². The molecule has 0 bridgehead atoms. The lowest BCUT2D eigenvalue weighted by Crippen LogP contribution is -2.05. The van der Waals surface area contributed by atoms with Crippen molar-refractivity contribution in [1.29, 1.82) is 0 Å². The first-order valence-electron chi connectivity index (χ1n) is 6.73. The minimum Gasteiger partial charge on any atom is -0.325 e. The van der Waals surface area contributed by atoms with E-state index in [2.05, 4.69) is 37.0 Å². The summed E-state index contributed by atoms with van der Waals surface area (Å²) in [5.41, 5.74) is 13.1. The van der Waals surface area contributed by atoms with Gasteiger partial charge in [-0.15, -0.1) is 0 Å². The summed E-state index contributed by atoms with van der Waals surface area (Å²) < 4.78 is 1.85. The molecular weight excluding hydrogens is 248 g/mol.